The third-order valence-corrected chi connectivity index (χ3v) is 3.11. The quantitative estimate of drug-likeness (QED) is 0.480. The normalized spacial score (nSPS) is 10.0. The van der Waals surface area contributed by atoms with Crippen LogP contribution in [0.1, 0.15) is 6.92 Å². The molecule has 0 unspecified atom stereocenters. The summed E-state index contributed by atoms with van der Waals surface area (Å²) in [6, 6.07) is 11.0. The van der Waals surface area contributed by atoms with Crippen LogP contribution >= 0.6 is 0 Å². The van der Waals surface area contributed by atoms with E-state index in [1.54, 1.807) is 12.1 Å². The Morgan fingerprint density at radius 2 is 2.08 bits per heavy atom. The second-order valence-corrected chi connectivity index (χ2v) is 4.76. The second kappa shape index (κ2) is 8.57. The molecule has 0 radical (unpaired) electrons. The average Bonchev–Trinajstić information content (AvgIpc) is 2.59. The molecule has 0 heterocycles. The maximum atomic E-state index is 11.8. The molecule has 0 saturated carbocycles. The molecule has 24 heavy (non-hydrogen) atoms. The number of carbonyl (C=O) groups is 2. The van der Waals surface area contributed by atoms with E-state index >= 15 is 0 Å². The molecule has 0 aliphatic carbocycles. The van der Waals surface area contributed by atoms with Crippen molar-refractivity contribution in [2.75, 3.05) is 19.8 Å². The average molecular weight is 329 g/mol. The number of nitrogens with one attached hydrogen (secondary N) is 1. The molecule has 0 fully saturated rings. The molecule has 2 aromatic carbocycles. The summed E-state index contributed by atoms with van der Waals surface area (Å²) < 4.78 is 15.5. The first kappa shape index (κ1) is 17.3. The fourth-order valence-corrected chi connectivity index (χ4v) is 2.08. The first-order valence-corrected chi connectivity index (χ1v) is 7.54. The lowest BCUT2D eigenvalue weighted by Crippen LogP contribution is -2.30. The van der Waals surface area contributed by atoms with Gasteiger partial charge in [0.15, 0.2) is 0 Å². The fourth-order valence-electron chi connectivity index (χ4n) is 2.08. The van der Waals surface area contributed by atoms with Crippen LogP contribution in [0.4, 0.5) is 4.79 Å². The van der Waals surface area contributed by atoms with Crippen LogP contribution in [0.25, 0.3) is 10.8 Å². The van der Waals surface area contributed by atoms with Gasteiger partial charge in [-0.1, -0.05) is 18.7 Å². The molecule has 0 aromatic heterocycles. The van der Waals surface area contributed by atoms with E-state index in [0.29, 0.717) is 12.4 Å². The number of amides is 1. The summed E-state index contributed by atoms with van der Waals surface area (Å²) in [6.07, 6.45) is 0.441. The summed E-state index contributed by atoms with van der Waals surface area (Å²) >= 11 is 0. The Bertz CT molecular complexity index is 741. The van der Waals surface area contributed by atoms with Gasteiger partial charge in [0.2, 0.25) is 0 Å². The lowest BCUT2D eigenvalue weighted by molar-refractivity contribution is -0.137. The van der Waals surface area contributed by atoms with Crippen molar-refractivity contribution in [3.05, 3.63) is 49.1 Å². The molecular weight excluding hydrogens is 310 g/mol. The highest BCUT2D eigenvalue weighted by Crippen LogP contribution is 2.28. The van der Waals surface area contributed by atoms with Gasteiger partial charge in [-0.3, -0.25) is 0 Å². The maximum Gasteiger partial charge on any atom is 0.412 e. The van der Waals surface area contributed by atoms with E-state index in [1.165, 1.54) is 0 Å². The SMILES string of the molecule is C=CC(=O)OCCNC(=O)Oc1cccc2cc(OCC)ccc12. The highest BCUT2D eigenvalue weighted by atomic mass is 16.6. The molecule has 2 aromatic rings. The van der Waals surface area contributed by atoms with Crippen molar-refractivity contribution in [3.8, 4) is 11.5 Å². The number of hydrogen-bond donors (Lipinski definition) is 1. The van der Waals surface area contributed by atoms with Crippen LogP contribution < -0.4 is 14.8 Å². The Morgan fingerprint density at radius 3 is 2.83 bits per heavy atom. The standard InChI is InChI=1S/C18H19NO5/c1-3-17(20)23-11-10-19-18(21)24-16-7-5-6-13-12-14(22-4-2)8-9-15(13)16/h3,5-9,12H,1,4,10-11H2,2H3,(H,19,21). The first-order chi connectivity index (χ1) is 11.6. The number of carbonyl (C=O) groups excluding carboxylic acids is 2. The molecule has 0 spiro atoms. The van der Waals surface area contributed by atoms with Crippen molar-refractivity contribution < 1.29 is 23.8 Å². The highest BCUT2D eigenvalue weighted by Gasteiger charge is 2.08. The second-order valence-electron chi connectivity index (χ2n) is 4.76. The third-order valence-electron chi connectivity index (χ3n) is 3.11. The molecule has 0 aliphatic heterocycles. The molecule has 1 amide bonds. The minimum absolute atomic E-state index is 0.0488. The Labute approximate surface area is 140 Å². The van der Waals surface area contributed by atoms with Gasteiger partial charge in [0.05, 0.1) is 13.2 Å². The zero-order chi connectivity index (χ0) is 17.4. The molecular formula is C18H19NO5. The zero-order valence-corrected chi connectivity index (χ0v) is 13.4. The maximum absolute atomic E-state index is 11.8. The van der Waals surface area contributed by atoms with Gasteiger partial charge in [0.1, 0.15) is 18.1 Å². The molecule has 6 nitrogen and oxygen atoms in total. The number of hydrogen-bond acceptors (Lipinski definition) is 5. The zero-order valence-electron chi connectivity index (χ0n) is 13.4. The number of fused-ring (bicyclic) bond motifs is 1. The largest absolute Gasteiger partial charge is 0.494 e. The minimum Gasteiger partial charge on any atom is -0.494 e. The van der Waals surface area contributed by atoms with Crippen molar-refractivity contribution in [3.63, 3.8) is 0 Å². The molecule has 0 saturated heterocycles. The van der Waals surface area contributed by atoms with E-state index in [0.717, 1.165) is 22.6 Å². The summed E-state index contributed by atoms with van der Waals surface area (Å²) in [6.45, 7) is 5.98. The van der Waals surface area contributed by atoms with Gasteiger partial charge >= 0.3 is 12.1 Å². The summed E-state index contributed by atoms with van der Waals surface area (Å²) in [5.41, 5.74) is 0. The van der Waals surface area contributed by atoms with E-state index < -0.39 is 12.1 Å². The van der Waals surface area contributed by atoms with Crippen molar-refractivity contribution in [1.29, 1.82) is 0 Å². The van der Waals surface area contributed by atoms with Crippen molar-refractivity contribution in [2.45, 2.75) is 6.92 Å². The minimum atomic E-state index is -0.619. The van der Waals surface area contributed by atoms with Crippen LogP contribution in [-0.2, 0) is 9.53 Å². The van der Waals surface area contributed by atoms with Gasteiger partial charge in [0, 0.05) is 11.5 Å². The molecule has 126 valence electrons. The van der Waals surface area contributed by atoms with E-state index in [9.17, 15) is 9.59 Å². The molecule has 0 bridgehead atoms. The van der Waals surface area contributed by atoms with Crippen LogP contribution in [0.5, 0.6) is 11.5 Å². The van der Waals surface area contributed by atoms with E-state index in [4.69, 9.17) is 14.2 Å². The van der Waals surface area contributed by atoms with Crippen LogP contribution in [0.15, 0.2) is 49.1 Å². The Kier molecular flexibility index (Phi) is 6.19. The summed E-state index contributed by atoms with van der Waals surface area (Å²) in [5.74, 6) is 0.663. The number of esters is 1. The number of ether oxygens (including phenoxy) is 3. The van der Waals surface area contributed by atoms with Gasteiger partial charge in [-0.2, -0.15) is 0 Å². The van der Waals surface area contributed by atoms with Crippen LogP contribution in [0, 0.1) is 0 Å². The summed E-state index contributed by atoms with van der Waals surface area (Å²) in [5, 5.41) is 4.22. The van der Waals surface area contributed by atoms with E-state index in [-0.39, 0.29) is 13.2 Å². The number of benzene rings is 2. The Balaban J connectivity index is 1.97. The summed E-state index contributed by atoms with van der Waals surface area (Å²) in [7, 11) is 0. The Morgan fingerprint density at radius 1 is 1.25 bits per heavy atom. The Hall–Kier alpha value is -3.02. The third kappa shape index (κ3) is 4.74. The lowest BCUT2D eigenvalue weighted by atomic mass is 10.1. The fraction of sp³-hybridized carbons (Fsp3) is 0.222. The predicted octanol–water partition coefficient (Wildman–Crippen LogP) is 3.06. The lowest BCUT2D eigenvalue weighted by Gasteiger charge is -2.10. The van der Waals surface area contributed by atoms with Crippen molar-refractivity contribution in [1.82, 2.24) is 5.32 Å². The van der Waals surface area contributed by atoms with Crippen LogP contribution in [0.3, 0.4) is 0 Å². The highest BCUT2D eigenvalue weighted by molar-refractivity contribution is 5.91. The van der Waals surface area contributed by atoms with Gasteiger partial charge in [-0.25, -0.2) is 9.59 Å². The molecule has 1 N–H and O–H groups in total. The van der Waals surface area contributed by atoms with Gasteiger partial charge in [0.25, 0.3) is 0 Å². The monoisotopic (exact) mass is 329 g/mol. The molecule has 2 rings (SSSR count). The van der Waals surface area contributed by atoms with Gasteiger partial charge in [-0.15, -0.1) is 0 Å². The number of rotatable bonds is 7. The van der Waals surface area contributed by atoms with Crippen LogP contribution in [0.2, 0.25) is 0 Å². The molecule has 6 heteroatoms. The van der Waals surface area contributed by atoms with E-state index in [1.807, 2.05) is 31.2 Å². The van der Waals surface area contributed by atoms with Gasteiger partial charge < -0.3 is 19.5 Å². The van der Waals surface area contributed by atoms with Gasteiger partial charge in [-0.05, 0) is 36.6 Å². The molecule has 0 aliphatic rings. The van der Waals surface area contributed by atoms with Crippen molar-refractivity contribution >= 4 is 22.8 Å². The van der Waals surface area contributed by atoms with Crippen molar-refractivity contribution in [2.24, 2.45) is 0 Å². The summed E-state index contributed by atoms with van der Waals surface area (Å²) in [4.78, 5) is 22.7. The molecule has 0 atom stereocenters. The van der Waals surface area contributed by atoms with Crippen LogP contribution in [-0.4, -0.2) is 31.8 Å². The predicted molar refractivity (Wildman–Crippen MR) is 90.3 cm³/mol. The first-order valence-electron chi connectivity index (χ1n) is 7.54. The topological polar surface area (TPSA) is 73.9 Å². The van der Waals surface area contributed by atoms with E-state index in [2.05, 4.69) is 11.9 Å². The smallest absolute Gasteiger partial charge is 0.412 e.